The van der Waals surface area contributed by atoms with Crippen LogP contribution in [0.3, 0.4) is 0 Å². The first kappa shape index (κ1) is 30.6. The molecule has 5 atom stereocenters. The summed E-state index contributed by atoms with van der Waals surface area (Å²) in [7, 11) is -3.73. The predicted octanol–water partition coefficient (Wildman–Crippen LogP) is 10.5. The first-order chi connectivity index (χ1) is 16.9. The zero-order valence-electron chi connectivity index (χ0n) is 26.2. The van der Waals surface area contributed by atoms with Gasteiger partial charge in [0.05, 0.1) is 11.7 Å². The third-order valence-electron chi connectivity index (χ3n) is 12.4. The lowest BCUT2D eigenvalue weighted by Crippen LogP contribution is -2.70. The normalized spacial score (nSPS) is 35.2. The molecule has 2 bridgehead atoms. The van der Waals surface area contributed by atoms with Crippen molar-refractivity contribution in [1.82, 2.24) is 0 Å². The van der Waals surface area contributed by atoms with Gasteiger partial charge in [0, 0.05) is 5.41 Å². The van der Waals surface area contributed by atoms with Crippen LogP contribution in [-0.4, -0.2) is 28.3 Å². The minimum Gasteiger partial charge on any atom is -0.411 e. The van der Waals surface area contributed by atoms with Crippen molar-refractivity contribution in [2.75, 3.05) is 0 Å². The zero-order chi connectivity index (χ0) is 27.0. The maximum absolute atomic E-state index is 8.02. The molecule has 0 spiro atoms. The molecule has 0 saturated heterocycles. The fourth-order valence-corrected chi connectivity index (χ4v) is 15.2. The third-order valence-corrected chi connectivity index (χ3v) is 21.7. The lowest BCUT2D eigenvalue weighted by Gasteiger charge is -2.65. The lowest BCUT2D eigenvalue weighted by molar-refractivity contribution is -0.186. The molecule has 4 heteroatoms. The Labute approximate surface area is 228 Å². The smallest absolute Gasteiger partial charge is 0.193 e. The standard InChI is InChI=1S/C32H62O2Si2/c1-12-35(13-2,14-3)33-29-28-26(8)19-18-22-31(28,11)23-21-27-25(7)20-24-32(29,30(27,9)10)34-36(15-4,16-5)17-6/h26,28-29H,12-24H2,1-11H3/t26-,28+,29?,31+,32-/m1/s1. The van der Waals surface area contributed by atoms with Crippen LogP contribution in [0.5, 0.6) is 0 Å². The fraction of sp³-hybridized carbons (Fsp3) is 0.938. The third kappa shape index (κ3) is 4.92. The number of hydrogen-bond donors (Lipinski definition) is 0. The molecule has 3 rings (SSSR count). The number of rotatable bonds is 10. The first-order valence-electron chi connectivity index (χ1n) is 16.0. The average molecular weight is 535 g/mol. The molecule has 0 aromatic rings. The summed E-state index contributed by atoms with van der Waals surface area (Å²) in [6, 6.07) is 7.34. The Morgan fingerprint density at radius 2 is 1.33 bits per heavy atom. The largest absolute Gasteiger partial charge is 0.411 e. The average Bonchev–Trinajstić information content (AvgIpc) is 2.86. The molecule has 2 nitrogen and oxygen atoms in total. The lowest BCUT2D eigenvalue weighted by atomic mass is 9.49. The molecule has 210 valence electrons. The fourth-order valence-electron chi connectivity index (χ4n) is 9.19. The topological polar surface area (TPSA) is 18.5 Å². The number of hydrogen-bond acceptors (Lipinski definition) is 2. The van der Waals surface area contributed by atoms with Crippen LogP contribution in [0, 0.1) is 22.7 Å². The van der Waals surface area contributed by atoms with Crippen molar-refractivity contribution in [2.24, 2.45) is 22.7 Å². The molecule has 0 aromatic heterocycles. The highest BCUT2D eigenvalue weighted by Gasteiger charge is 2.65. The van der Waals surface area contributed by atoms with Crippen LogP contribution in [0.2, 0.25) is 36.3 Å². The molecule has 0 heterocycles. The quantitative estimate of drug-likeness (QED) is 0.205. The predicted molar refractivity (Wildman–Crippen MR) is 163 cm³/mol. The van der Waals surface area contributed by atoms with Crippen molar-refractivity contribution < 1.29 is 8.85 Å². The molecule has 0 aromatic carbocycles. The van der Waals surface area contributed by atoms with Gasteiger partial charge in [-0.25, -0.2) is 0 Å². The molecule has 36 heavy (non-hydrogen) atoms. The van der Waals surface area contributed by atoms with E-state index in [1.807, 2.05) is 0 Å². The van der Waals surface area contributed by atoms with Gasteiger partial charge >= 0.3 is 0 Å². The van der Waals surface area contributed by atoms with Gasteiger partial charge in [-0.1, -0.05) is 93.2 Å². The van der Waals surface area contributed by atoms with Crippen molar-refractivity contribution in [1.29, 1.82) is 0 Å². The van der Waals surface area contributed by atoms with E-state index in [0.29, 0.717) is 17.3 Å². The Hall–Kier alpha value is 0.0938. The second kappa shape index (κ2) is 11.3. The number of allylic oxidation sites excluding steroid dienone is 1. The Bertz CT molecular complexity index is 764. The van der Waals surface area contributed by atoms with Crippen molar-refractivity contribution in [3.05, 3.63) is 11.1 Å². The van der Waals surface area contributed by atoms with Crippen LogP contribution in [0.15, 0.2) is 11.1 Å². The molecular weight excluding hydrogens is 473 g/mol. The van der Waals surface area contributed by atoms with E-state index in [-0.39, 0.29) is 17.1 Å². The summed E-state index contributed by atoms with van der Waals surface area (Å²) in [4.78, 5) is 0. The van der Waals surface area contributed by atoms with E-state index >= 15 is 0 Å². The maximum atomic E-state index is 8.02. The van der Waals surface area contributed by atoms with Gasteiger partial charge in [-0.3, -0.25) is 0 Å². The Morgan fingerprint density at radius 1 is 0.778 bits per heavy atom. The Morgan fingerprint density at radius 3 is 1.86 bits per heavy atom. The van der Waals surface area contributed by atoms with Gasteiger partial charge in [0.1, 0.15) is 0 Å². The highest BCUT2D eigenvalue weighted by Crippen LogP contribution is 2.63. The van der Waals surface area contributed by atoms with Gasteiger partial charge < -0.3 is 8.85 Å². The monoisotopic (exact) mass is 534 g/mol. The second-order valence-electron chi connectivity index (χ2n) is 14.0. The molecule has 2 fully saturated rings. The van der Waals surface area contributed by atoms with Crippen molar-refractivity contribution in [3.8, 4) is 0 Å². The molecule has 0 amide bonds. The zero-order valence-corrected chi connectivity index (χ0v) is 28.2. The first-order valence-corrected chi connectivity index (χ1v) is 21.0. The molecule has 0 radical (unpaired) electrons. The molecule has 2 saturated carbocycles. The minimum absolute atomic E-state index is 0.0195. The van der Waals surface area contributed by atoms with Crippen molar-refractivity contribution in [2.45, 2.75) is 169 Å². The van der Waals surface area contributed by atoms with Gasteiger partial charge in [0.25, 0.3) is 0 Å². The van der Waals surface area contributed by atoms with Crippen LogP contribution in [0.1, 0.15) is 121 Å². The highest BCUT2D eigenvalue weighted by molar-refractivity contribution is 6.74. The SMILES string of the molecule is CC[Si](CC)(CC)OC1[C@@H]2[C@H](C)CCC[C@@]2(C)CCC2=C(C)CC[C@]1(O[Si](CC)(CC)CC)C2(C)C. The van der Waals surface area contributed by atoms with E-state index in [9.17, 15) is 0 Å². The van der Waals surface area contributed by atoms with Crippen molar-refractivity contribution >= 4 is 16.6 Å². The van der Waals surface area contributed by atoms with E-state index in [1.165, 1.54) is 74.8 Å². The van der Waals surface area contributed by atoms with E-state index in [1.54, 1.807) is 11.1 Å². The molecule has 3 aliphatic carbocycles. The van der Waals surface area contributed by atoms with Crippen molar-refractivity contribution in [3.63, 3.8) is 0 Å². The summed E-state index contributed by atoms with van der Waals surface area (Å²) in [5.41, 5.74) is 3.55. The van der Waals surface area contributed by atoms with Crippen LogP contribution in [0.4, 0.5) is 0 Å². The Kier molecular flexibility index (Phi) is 9.61. The highest BCUT2D eigenvalue weighted by atomic mass is 28.4. The van der Waals surface area contributed by atoms with E-state index < -0.39 is 16.6 Å². The summed E-state index contributed by atoms with van der Waals surface area (Å²) < 4.78 is 15.9. The number of fused-ring (bicyclic) bond motifs is 3. The summed E-state index contributed by atoms with van der Waals surface area (Å²) >= 11 is 0. The van der Waals surface area contributed by atoms with E-state index in [0.717, 1.165) is 6.42 Å². The van der Waals surface area contributed by atoms with Gasteiger partial charge in [0.2, 0.25) is 0 Å². The van der Waals surface area contributed by atoms with Crippen LogP contribution in [0.25, 0.3) is 0 Å². The van der Waals surface area contributed by atoms with Gasteiger partial charge in [-0.2, -0.15) is 0 Å². The molecule has 1 unspecified atom stereocenters. The molecule has 0 N–H and O–H groups in total. The van der Waals surface area contributed by atoms with Crippen LogP contribution in [-0.2, 0) is 8.85 Å². The second-order valence-corrected chi connectivity index (χ2v) is 23.4. The van der Waals surface area contributed by atoms with Crippen LogP contribution >= 0.6 is 0 Å². The van der Waals surface area contributed by atoms with E-state index in [2.05, 4.69) is 76.2 Å². The van der Waals surface area contributed by atoms with Gasteiger partial charge in [-0.15, -0.1) is 0 Å². The summed E-state index contributed by atoms with van der Waals surface area (Å²) in [6.45, 7) is 27.3. The summed E-state index contributed by atoms with van der Waals surface area (Å²) in [5.74, 6) is 1.30. The Balaban J connectivity index is 2.35. The summed E-state index contributed by atoms with van der Waals surface area (Å²) in [5, 5.41) is 0. The summed E-state index contributed by atoms with van der Waals surface area (Å²) in [6.07, 6.45) is 9.24. The minimum atomic E-state index is -1.88. The van der Waals surface area contributed by atoms with Gasteiger partial charge in [-0.05, 0) is 92.5 Å². The van der Waals surface area contributed by atoms with Gasteiger partial charge in [0.15, 0.2) is 16.6 Å². The van der Waals surface area contributed by atoms with E-state index in [4.69, 9.17) is 8.85 Å². The molecule has 3 aliphatic rings. The maximum Gasteiger partial charge on any atom is 0.193 e. The molecule has 0 aliphatic heterocycles. The molecular formula is C32H62O2Si2. The van der Waals surface area contributed by atoms with Crippen LogP contribution < -0.4 is 0 Å².